The third kappa shape index (κ3) is 13.1. The molecular weight excluding hydrogens is 492 g/mol. The van der Waals surface area contributed by atoms with Gasteiger partial charge in [0.1, 0.15) is 0 Å². The molecule has 0 fully saturated rings. The molecule has 0 unspecified atom stereocenters. The Hall–Kier alpha value is -2.34. The van der Waals surface area contributed by atoms with Gasteiger partial charge in [-0.25, -0.2) is 18.4 Å². The number of benzene rings is 1. The fourth-order valence-electron chi connectivity index (χ4n) is 3.30. The predicted octanol–water partition coefficient (Wildman–Crippen LogP) is 5.25. The molecule has 1 aromatic rings. The van der Waals surface area contributed by atoms with Crippen LogP contribution in [0.4, 0.5) is 13.6 Å². The summed E-state index contributed by atoms with van der Waals surface area (Å²) in [7, 11) is -2.70. The van der Waals surface area contributed by atoms with Gasteiger partial charge in [-0.1, -0.05) is 12.1 Å². The van der Waals surface area contributed by atoms with E-state index in [0.717, 1.165) is 25.0 Å². The summed E-state index contributed by atoms with van der Waals surface area (Å²) in [5, 5.41) is 2.72. The van der Waals surface area contributed by atoms with Crippen molar-refractivity contribution >= 4 is 26.9 Å². The Morgan fingerprint density at radius 3 is 2.11 bits per heavy atom. The van der Waals surface area contributed by atoms with Gasteiger partial charge in [0, 0.05) is 44.0 Å². The van der Waals surface area contributed by atoms with E-state index in [-0.39, 0.29) is 12.2 Å². The van der Waals surface area contributed by atoms with Gasteiger partial charge in [0.2, 0.25) is 0 Å². The van der Waals surface area contributed by atoms with Gasteiger partial charge in [-0.2, -0.15) is 0 Å². The Labute approximate surface area is 213 Å². The van der Waals surface area contributed by atoms with E-state index in [0.29, 0.717) is 58.3 Å². The zero-order valence-corrected chi connectivity index (χ0v) is 22.5. The molecule has 0 aliphatic heterocycles. The van der Waals surface area contributed by atoms with E-state index >= 15 is 0 Å². The van der Waals surface area contributed by atoms with E-state index in [1.54, 1.807) is 0 Å². The molecule has 36 heavy (non-hydrogen) atoms. The molecule has 0 saturated carbocycles. The van der Waals surface area contributed by atoms with Crippen LogP contribution >= 0.6 is 0 Å². The summed E-state index contributed by atoms with van der Waals surface area (Å²) in [5.74, 6) is -2.61. The second-order valence-corrected chi connectivity index (χ2v) is 10.4. The SMILES string of the molecule is CCO[Si](CCCNC(=O)OCCCCCCOC(=O)/C=C/c1cccc(F)c1F)(OCC)OCC. The summed E-state index contributed by atoms with van der Waals surface area (Å²) >= 11 is 0. The molecule has 1 N–H and O–H groups in total. The molecular formula is C25H39F2NO7Si. The summed E-state index contributed by atoms with van der Waals surface area (Å²) in [5.41, 5.74) is -0.0209. The van der Waals surface area contributed by atoms with Crippen molar-refractivity contribution in [3.05, 3.63) is 41.5 Å². The van der Waals surface area contributed by atoms with Crippen molar-refractivity contribution in [3.63, 3.8) is 0 Å². The lowest BCUT2D eigenvalue weighted by Crippen LogP contribution is -2.46. The number of esters is 1. The molecule has 1 aromatic carbocycles. The molecule has 0 atom stereocenters. The fraction of sp³-hybridized carbons (Fsp3) is 0.600. The maximum atomic E-state index is 13.5. The molecule has 8 nitrogen and oxygen atoms in total. The van der Waals surface area contributed by atoms with Gasteiger partial charge < -0.3 is 28.1 Å². The number of nitrogens with one attached hydrogen (secondary N) is 1. The molecule has 11 heteroatoms. The van der Waals surface area contributed by atoms with E-state index in [9.17, 15) is 18.4 Å². The summed E-state index contributed by atoms with van der Waals surface area (Å²) in [6, 6.07) is 4.35. The van der Waals surface area contributed by atoms with Crippen LogP contribution in [0.1, 0.15) is 58.4 Å². The minimum atomic E-state index is -2.70. The fourth-order valence-corrected chi connectivity index (χ4v) is 5.91. The summed E-state index contributed by atoms with van der Waals surface area (Å²) in [6.07, 6.45) is 5.36. The minimum Gasteiger partial charge on any atom is -0.463 e. The molecule has 0 aliphatic carbocycles. The maximum absolute atomic E-state index is 13.5. The molecule has 0 heterocycles. The zero-order chi connectivity index (χ0) is 26.7. The van der Waals surface area contributed by atoms with Gasteiger partial charge in [-0.15, -0.1) is 0 Å². The average molecular weight is 532 g/mol. The summed E-state index contributed by atoms with van der Waals surface area (Å²) < 4.78 is 54.2. The van der Waals surface area contributed by atoms with Crippen molar-refractivity contribution < 1.29 is 41.1 Å². The summed E-state index contributed by atoms with van der Waals surface area (Å²) in [4.78, 5) is 23.5. The van der Waals surface area contributed by atoms with Gasteiger partial charge in [0.05, 0.1) is 13.2 Å². The number of alkyl carbamates (subject to hydrolysis) is 1. The predicted molar refractivity (Wildman–Crippen MR) is 134 cm³/mol. The Morgan fingerprint density at radius 1 is 0.889 bits per heavy atom. The Bertz CT molecular complexity index is 794. The first-order valence-corrected chi connectivity index (χ1v) is 14.4. The number of hydrogen-bond acceptors (Lipinski definition) is 7. The van der Waals surface area contributed by atoms with Crippen LogP contribution in [0.15, 0.2) is 24.3 Å². The number of ether oxygens (including phenoxy) is 2. The highest BCUT2D eigenvalue weighted by Gasteiger charge is 2.39. The Balaban J connectivity index is 2.09. The minimum absolute atomic E-state index is 0.0209. The largest absolute Gasteiger partial charge is 0.500 e. The number of carbonyl (C=O) groups excluding carboxylic acids is 2. The lowest BCUT2D eigenvalue weighted by Gasteiger charge is -2.28. The van der Waals surface area contributed by atoms with Crippen LogP contribution in [0.2, 0.25) is 6.04 Å². The van der Waals surface area contributed by atoms with Gasteiger partial charge >= 0.3 is 20.9 Å². The maximum Gasteiger partial charge on any atom is 0.500 e. The summed E-state index contributed by atoms with van der Waals surface area (Å²) in [6.45, 7) is 8.19. The normalized spacial score (nSPS) is 11.6. The highest BCUT2D eigenvalue weighted by molar-refractivity contribution is 6.60. The highest BCUT2D eigenvalue weighted by Crippen LogP contribution is 2.18. The molecule has 0 aromatic heterocycles. The second-order valence-electron chi connectivity index (χ2n) is 7.71. The number of halogens is 2. The first kappa shape index (κ1) is 31.7. The van der Waals surface area contributed by atoms with Crippen LogP contribution in [-0.2, 0) is 27.5 Å². The molecule has 1 amide bonds. The van der Waals surface area contributed by atoms with Crippen LogP contribution in [0.3, 0.4) is 0 Å². The Morgan fingerprint density at radius 2 is 1.50 bits per heavy atom. The van der Waals surface area contributed by atoms with Crippen LogP contribution in [-0.4, -0.2) is 60.4 Å². The van der Waals surface area contributed by atoms with Crippen molar-refractivity contribution in [2.45, 2.75) is 58.9 Å². The van der Waals surface area contributed by atoms with E-state index in [1.165, 1.54) is 18.2 Å². The van der Waals surface area contributed by atoms with Gasteiger partial charge in [-0.3, -0.25) is 0 Å². The van der Waals surface area contributed by atoms with E-state index < -0.39 is 32.5 Å². The first-order valence-electron chi connectivity index (χ1n) is 12.5. The Kier molecular flexibility index (Phi) is 16.6. The lowest BCUT2D eigenvalue weighted by atomic mass is 10.2. The third-order valence-electron chi connectivity index (χ3n) is 4.92. The van der Waals surface area contributed by atoms with Crippen molar-refractivity contribution in [3.8, 4) is 0 Å². The van der Waals surface area contributed by atoms with Crippen molar-refractivity contribution in [2.75, 3.05) is 39.6 Å². The average Bonchev–Trinajstić information content (AvgIpc) is 2.85. The number of hydrogen-bond donors (Lipinski definition) is 1. The van der Waals surface area contributed by atoms with E-state index in [2.05, 4.69) is 5.32 Å². The molecule has 0 saturated heterocycles. The first-order chi connectivity index (χ1) is 17.4. The smallest absolute Gasteiger partial charge is 0.463 e. The molecule has 0 aliphatic rings. The molecule has 0 spiro atoms. The number of amides is 1. The zero-order valence-electron chi connectivity index (χ0n) is 21.5. The third-order valence-corrected chi connectivity index (χ3v) is 8.07. The standard InChI is InChI=1S/C25H39F2NO7Si/c1-4-33-36(34-5-2,35-6-3)20-12-17-28-25(30)32-19-10-8-7-9-18-31-23(29)16-15-21-13-11-14-22(26)24(21)27/h11,13-16H,4-10,12,17-20H2,1-3H3,(H,28,30)/b16-15+. The molecule has 0 bridgehead atoms. The number of unbranched alkanes of at least 4 members (excludes halogenated alkanes) is 3. The number of rotatable bonds is 19. The molecule has 1 rings (SSSR count). The topological polar surface area (TPSA) is 92.3 Å². The number of carbonyl (C=O) groups is 2. The van der Waals surface area contributed by atoms with Crippen LogP contribution in [0, 0.1) is 11.6 Å². The van der Waals surface area contributed by atoms with Gasteiger partial charge in [0.25, 0.3) is 0 Å². The monoisotopic (exact) mass is 531 g/mol. The molecule has 0 radical (unpaired) electrons. The van der Waals surface area contributed by atoms with Crippen molar-refractivity contribution in [2.24, 2.45) is 0 Å². The van der Waals surface area contributed by atoms with E-state index in [1.807, 2.05) is 20.8 Å². The van der Waals surface area contributed by atoms with Crippen LogP contribution < -0.4 is 5.32 Å². The van der Waals surface area contributed by atoms with Crippen LogP contribution in [0.25, 0.3) is 6.08 Å². The van der Waals surface area contributed by atoms with Crippen LogP contribution in [0.5, 0.6) is 0 Å². The van der Waals surface area contributed by atoms with Gasteiger partial charge in [0.15, 0.2) is 11.6 Å². The van der Waals surface area contributed by atoms with Crippen molar-refractivity contribution in [1.29, 1.82) is 0 Å². The quantitative estimate of drug-likeness (QED) is 0.113. The second kappa shape index (κ2) is 18.9. The van der Waals surface area contributed by atoms with Gasteiger partial charge in [-0.05, 0) is 65.0 Å². The lowest BCUT2D eigenvalue weighted by molar-refractivity contribution is -0.137. The highest BCUT2D eigenvalue weighted by atomic mass is 28.4. The van der Waals surface area contributed by atoms with Crippen molar-refractivity contribution in [1.82, 2.24) is 5.32 Å². The molecule has 204 valence electrons. The van der Waals surface area contributed by atoms with E-state index in [4.69, 9.17) is 22.8 Å².